The fourth-order valence-electron chi connectivity index (χ4n) is 2.25. The number of carbonyl (C=O) groups is 2. The number of benzene rings is 1. The summed E-state index contributed by atoms with van der Waals surface area (Å²) in [5.74, 6) is 0.322. The number of aryl methyl sites for hydroxylation is 1. The summed E-state index contributed by atoms with van der Waals surface area (Å²) in [6.07, 6.45) is 1.79. The molecule has 8 heteroatoms. The number of aromatic nitrogens is 1. The van der Waals surface area contributed by atoms with Crippen LogP contribution in [0.15, 0.2) is 41.0 Å². The molecule has 0 saturated heterocycles. The van der Waals surface area contributed by atoms with E-state index >= 15 is 0 Å². The number of hydrogen-bond donors (Lipinski definition) is 3. The van der Waals surface area contributed by atoms with Gasteiger partial charge in [0.25, 0.3) is 5.91 Å². The van der Waals surface area contributed by atoms with Gasteiger partial charge in [-0.05, 0) is 36.8 Å². The standard InChI is InChI=1S/C19H23BrN4O3/c1-13-3-5-15(20)11-16(13)24-18(25)7-8-21-17-6-4-14(12-23-17)19(26)22-9-10-27-2/h3-6,11-12H,7-10H2,1-2H3,(H,21,23)(H,22,26)(H,24,25). The van der Waals surface area contributed by atoms with Gasteiger partial charge in [-0.2, -0.15) is 0 Å². The van der Waals surface area contributed by atoms with E-state index in [0.717, 1.165) is 15.7 Å². The zero-order valence-electron chi connectivity index (χ0n) is 15.3. The number of pyridine rings is 1. The van der Waals surface area contributed by atoms with Crippen LogP contribution in [-0.2, 0) is 9.53 Å². The molecule has 0 unspecified atom stereocenters. The number of carbonyl (C=O) groups excluding carboxylic acids is 2. The number of halogens is 1. The molecule has 2 rings (SSSR count). The molecule has 0 atom stereocenters. The van der Waals surface area contributed by atoms with Crippen molar-refractivity contribution in [3.05, 3.63) is 52.1 Å². The molecule has 2 amide bonds. The minimum atomic E-state index is -0.199. The Morgan fingerprint density at radius 2 is 2.00 bits per heavy atom. The zero-order valence-corrected chi connectivity index (χ0v) is 16.9. The lowest BCUT2D eigenvalue weighted by atomic mass is 10.2. The number of anilines is 2. The third kappa shape index (κ3) is 6.99. The second-order valence-electron chi connectivity index (χ2n) is 5.87. The van der Waals surface area contributed by atoms with Crippen LogP contribution in [0, 0.1) is 6.92 Å². The van der Waals surface area contributed by atoms with Crippen LogP contribution in [0.2, 0.25) is 0 Å². The molecule has 0 aliphatic carbocycles. The maximum absolute atomic E-state index is 12.1. The van der Waals surface area contributed by atoms with Crippen LogP contribution in [-0.4, -0.2) is 43.6 Å². The first-order chi connectivity index (χ1) is 13.0. The Kier molecular flexibility index (Phi) is 8.22. The van der Waals surface area contributed by atoms with E-state index in [1.165, 1.54) is 6.20 Å². The highest BCUT2D eigenvalue weighted by atomic mass is 79.9. The molecule has 0 spiro atoms. The quantitative estimate of drug-likeness (QED) is 0.527. The number of amides is 2. The van der Waals surface area contributed by atoms with E-state index in [-0.39, 0.29) is 11.8 Å². The van der Waals surface area contributed by atoms with Gasteiger partial charge in [-0.1, -0.05) is 22.0 Å². The van der Waals surface area contributed by atoms with E-state index in [4.69, 9.17) is 4.74 Å². The summed E-state index contributed by atoms with van der Waals surface area (Å²) in [6.45, 7) is 3.28. The minimum absolute atomic E-state index is 0.0853. The summed E-state index contributed by atoms with van der Waals surface area (Å²) < 4.78 is 5.80. The summed E-state index contributed by atoms with van der Waals surface area (Å²) in [6, 6.07) is 9.14. The third-order valence-corrected chi connectivity index (χ3v) is 4.24. The molecule has 0 radical (unpaired) electrons. The molecular formula is C19H23BrN4O3. The van der Waals surface area contributed by atoms with Crippen LogP contribution in [0.1, 0.15) is 22.3 Å². The highest BCUT2D eigenvalue weighted by Crippen LogP contribution is 2.20. The van der Waals surface area contributed by atoms with Crippen LogP contribution in [0.5, 0.6) is 0 Å². The van der Waals surface area contributed by atoms with E-state index in [1.54, 1.807) is 19.2 Å². The van der Waals surface area contributed by atoms with Crippen LogP contribution >= 0.6 is 15.9 Å². The Hall–Kier alpha value is -2.45. The summed E-state index contributed by atoms with van der Waals surface area (Å²) in [4.78, 5) is 28.2. The topological polar surface area (TPSA) is 92.4 Å². The minimum Gasteiger partial charge on any atom is -0.383 e. The second kappa shape index (κ2) is 10.6. The molecule has 0 aliphatic heterocycles. The van der Waals surface area contributed by atoms with E-state index in [2.05, 4.69) is 36.9 Å². The second-order valence-corrected chi connectivity index (χ2v) is 6.78. The molecule has 0 saturated carbocycles. The number of nitrogens with zero attached hydrogens (tertiary/aromatic N) is 1. The fraction of sp³-hybridized carbons (Fsp3) is 0.316. The predicted octanol–water partition coefficient (Wildman–Crippen LogP) is 2.97. The molecule has 7 nitrogen and oxygen atoms in total. The van der Waals surface area contributed by atoms with Crippen molar-refractivity contribution < 1.29 is 14.3 Å². The molecule has 3 N–H and O–H groups in total. The molecule has 1 heterocycles. The first-order valence-corrected chi connectivity index (χ1v) is 9.32. The van der Waals surface area contributed by atoms with Gasteiger partial charge in [0.05, 0.1) is 12.2 Å². The Balaban J connectivity index is 1.77. The van der Waals surface area contributed by atoms with Gasteiger partial charge >= 0.3 is 0 Å². The van der Waals surface area contributed by atoms with Crippen LogP contribution in [0.4, 0.5) is 11.5 Å². The highest BCUT2D eigenvalue weighted by Gasteiger charge is 2.07. The molecule has 27 heavy (non-hydrogen) atoms. The highest BCUT2D eigenvalue weighted by molar-refractivity contribution is 9.10. The van der Waals surface area contributed by atoms with Gasteiger partial charge in [-0.3, -0.25) is 9.59 Å². The molecule has 1 aromatic heterocycles. The van der Waals surface area contributed by atoms with E-state index in [1.807, 2.05) is 25.1 Å². The van der Waals surface area contributed by atoms with Gasteiger partial charge in [0, 0.05) is 43.0 Å². The fourth-order valence-corrected chi connectivity index (χ4v) is 2.61. The lowest BCUT2D eigenvalue weighted by molar-refractivity contribution is -0.115. The Bertz CT molecular complexity index is 781. The largest absolute Gasteiger partial charge is 0.383 e. The van der Waals surface area contributed by atoms with Crippen molar-refractivity contribution in [2.24, 2.45) is 0 Å². The molecular weight excluding hydrogens is 412 g/mol. The number of rotatable bonds is 9. The number of hydrogen-bond acceptors (Lipinski definition) is 5. The molecule has 144 valence electrons. The summed E-state index contributed by atoms with van der Waals surface area (Å²) in [7, 11) is 1.58. The average molecular weight is 435 g/mol. The van der Waals surface area contributed by atoms with E-state index in [0.29, 0.717) is 37.5 Å². The van der Waals surface area contributed by atoms with E-state index < -0.39 is 0 Å². The van der Waals surface area contributed by atoms with Crippen molar-refractivity contribution in [1.29, 1.82) is 0 Å². The molecule has 0 aliphatic rings. The maximum atomic E-state index is 12.1. The number of nitrogens with one attached hydrogen (secondary N) is 3. The van der Waals surface area contributed by atoms with E-state index in [9.17, 15) is 9.59 Å². The van der Waals surface area contributed by atoms with Gasteiger partial charge in [0.2, 0.25) is 5.91 Å². The van der Waals surface area contributed by atoms with Gasteiger partial charge in [0.15, 0.2) is 0 Å². The van der Waals surface area contributed by atoms with Crippen molar-refractivity contribution in [1.82, 2.24) is 10.3 Å². The lowest BCUT2D eigenvalue weighted by Gasteiger charge is -2.10. The monoisotopic (exact) mass is 434 g/mol. The van der Waals surface area contributed by atoms with Crippen molar-refractivity contribution in [3.63, 3.8) is 0 Å². The molecule has 1 aromatic carbocycles. The molecule has 0 bridgehead atoms. The Morgan fingerprint density at radius 3 is 2.70 bits per heavy atom. The van der Waals surface area contributed by atoms with Crippen LogP contribution in [0.25, 0.3) is 0 Å². The van der Waals surface area contributed by atoms with Crippen molar-refractivity contribution in [3.8, 4) is 0 Å². The smallest absolute Gasteiger partial charge is 0.252 e. The SMILES string of the molecule is COCCNC(=O)c1ccc(NCCC(=O)Nc2cc(Br)ccc2C)nc1. The van der Waals surface area contributed by atoms with Crippen molar-refractivity contribution in [2.45, 2.75) is 13.3 Å². The summed E-state index contributed by atoms with van der Waals surface area (Å²) in [5.41, 5.74) is 2.26. The Morgan fingerprint density at radius 1 is 1.19 bits per heavy atom. The zero-order chi connectivity index (χ0) is 19.6. The lowest BCUT2D eigenvalue weighted by Crippen LogP contribution is -2.27. The van der Waals surface area contributed by atoms with Crippen LogP contribution in [0.3, 0.4) is 0 Å². The predicted molar refractivity (Wildman–Crippen MR) is 109 cm³/mol. The van der Waals surface area contributed by atoms with Crippen molar-refractivity contribution in [2.75, 3.05) is 37.4 Å². The van der Waals surface area contributed by atoms with Crippen LogP contribution < -0.4 is 16.0 Å². The Labute approximate surface area is 167 Å². The van der Waals surface area contributed by atoms with Crippen molar-refractivity contribution >= 4 is 39.2 Å². The summed E-state index contributed by atoms with van der Waals surface area (Å²) >= 11 is 3.40. The van der Waals surface area contributed by atoms with Gasteiger partial charge < -0.3 is 20.7 Å². The normalized spacial score (nSPS) is 10.3. The molecule has 2 aromatic rings. The van der Waals surface area contributed by atoms with Gasteiger partial charge in [-0.15, -0.1) is 0 Å². The molecule has 0 fully saturated rings. The maximum Gasteiger partial charge on any atom is 0.252 e. The summed E-state index contributed by atoms with van der Waals surface area (Å²) in [5, 5.41) is 8.69. The number of ether oxygens (including phenoxy) is 1. The number of methoxy groups -OCH3 is 1. The third-order valence-electron chi connectivity index (χ3n) is 3.75. The van der Waals surface area contributed by atoms with Gasteiger partial charge in [0.1, 0.15) is 5.82 Å². The average Bonchev–Trinajstić information content (AvgIpc) is 2.65. The van der Waals surface area contributed by atoms with Gasteiger partial charge in [-0.25, -0.2) is 4.98 Å². The first kappa shape index (κ1) is 20.9. The first-order valence-electron chi connectivity index (χ1n) is 8.52.